The molecule has 2 aromatic rings. The maximum Gasteiger partial charge on any atom is 0.121 e. The highest BCUT2D eigenvalue weighted by molar-refractivity contribution is 5.33. The molecule has 0 spiro atoms. The smallest absolute Gasteiger partial charge is 0.121 e. The van der Waals surface area contributed by atoms with Gasteiger partial charge in [0.1, 0.15) is 6.10 Å². The van der Waals surface area contributed by atoms with E-state index >= 15 is 0 Å². The molecule has 0 saturated heterocycles. The van der Waals surface area contributed by atoms with E-state index in [9.17, 15) is 5.11 Å². The van der Waals surface area contributed by atoms with Gasteiger partial charge in [0.05, 0.1) is 5.69 Å². The fourth-order valence-electron chi connectivity index (χ4n) is 2.30. The first-order chi connectivity index (χ1) is 9.08. The van der Waals surface area contributed by atoms with Gasteiger partial charge in [-0.05, 0) is 42.0 Å². The summed E-state index contributed by atoms with van der Waals surface area (Å²) in [7, 11) is 0. The lowest BCUT2D eigenvalue weighted by atomic mass is 9.97. The molecule has 0 fully saturated rings. The normalized spacial score (nSPS) is 12.7. The summed E-state index contributed by atoms with van der Waals surface area (Å²) in [6, 6.07) is 12.0. The molecule has 19 heavy (non-hydrogen) atoms. The molecule has 2 nitrogen and oxygen atoms in total. The quantitative estimate of drug-likeness (QED) is 0.904. The van der Waals surface area contributed by atoms with E-state index in [0.717, 1.165) is 23.2 Å². The van der Waals surface area contributed by atoms with Crippen LogP contribution in [0.4, 0.5) is 0 Å². The molecule has 0 radical (unpaired) electrons. The van der Waals surface area contributed by atoms with Crippen LogP contribution in [0.3, 0.4) is 0 Å². The summed E-state index contributed by atoms with van der Waals surface area (Å²) >= 11 is 0. The first-order valence-electron chi connectivity index (χ1n) is 6.76. The summed E-state index contributed by atoms with van der Waals surface area (Å²) < 4.78 is 0. The van der Waals surface area contributed by atoms with E-state index in [1.807, 2.05) is 31.2 Å². The predicted molar refractivity (Wildman–Crippen MR) is 78.0 cm³/mol. The number of nitrogens with zero attached hydrogens (tertiary/aromatic N) is 1. The van der Waals surface area contributed by atoms with Gasteiger partial charge in [-0.2, -0.15) is 0 Å². The van der Waals surface area contributed by atoms with Crippen molar-refractivity contribution >= 4 is 0 Å². The molecule has 1 unspecified atom stereocenters. The van der Waals surface area contributed by atoms with Gasteiger partial charge in [0.15, 0.2) is 0 Å². The second-order valence-corrected chi connectivity index (χ2v) is 5.45. The van der Waals surface area contributed by atoms with E-state index in [1.165, 1.54) is 5.56 Å². The Morgan fingerprint density at radius 2 is 1.95 bits per heavy atom. The van der Waals surface area contributed by atoms with E-state index in [0.29, 0.717) is 5.92 Å². The largest absolute Gasteiger partial charge is 0.382 e. The molecule has 1 aromatic heterocycles. The van der Waals surface area contributed by atoms with Gasteiger partial charge in [0, 0.05) is 6.20 Å². The van der Waals surface area contributed by atoms with Gasteiger partial charge in [0.2, 0.25) is 0 Å². The van der Waals surface area contributed by atoms with Crippen LogP contribution in [0.25, 0.3) is 0 Å². The standard InChI is InChI=1S/C17H21NO/c1-12(2)10-14-7-4-8-15(11-14)17(19)16-13(3)6-5-9-18-16/h4-9,11-12,17,19H,10H2,1-3H3. The van der Waals surface area contributed by atoms with Crippen molar-refractivity contribution in [2.24, 2.45) is 5.92 Å². The summed E-state index contributed by atoms with van der Waals surface area (Å²) in [5.41, 5.74) is 3.94. The van der Waals surface area contributed by atoms with Crippen molar-refractivity contribution in [1.29, 1.82) is 0 Å². The van der Waals surface area contributed by atoms with Gasteiger partial charge >= 0.3 is 0 Å². The molecule has 0 amide bonds. The minimum absolute atomic E-state index is 0.615. The zero-order valence-corrected chi connectivity index (χ0v) is 11.8. The zero-order valence-electron chi connectivity index (χ0n) is 11.8. The van der Waals surface area contributed by atoms with Crippen LogP contribution in [0.5, 0.6) is 0 Å². The Balaban J connectivity index is 2.29. The lowest BCUT2D eigenvalue weighted by Crippen LogP contribution is -2.05. The predicted octanol–water partition coefficient (Wildman–Crippen LogP) is 3.67. The van der Waals surface area contributed by atoms with Crippen molar-refractivity contribution in [3.63, 3.8) is 0 Å². The van der Waals surface area contributed by atoms with E-state index in [4.69, 9.17) is 0 Å². The average Bonchev–Trinajstić information content (AvgIpc) is 2.38. The van der Waals surface area contributed by atoms with Gasteiger partial charge in [-0.3, -0.25) is 4.98 Å². The Morgan fingerprint density at radius 1 is 1.16 bits per heavy atom. The Morgan fingerprint density at radius 3 is 2.63 bits per heavy atom. The number of aliphatic hydroxyl groups excluding tert-OH is 1. The Kier molecular flexibility index (Phi) is 4.33. The molecule has 0 saturated carbocycles. The molecule has 0 aliphatic heterocycles. The fraction of sp³-hybridized carbons (Fsp3) is 0.353. The fourth-order valence-corrected chi connectivity index (χ4v) is 2.30. The number of aromatic nitrogens is 1. The van der Waals surface area contributed by atoms with Crippen molar-refractivity contribution < 1.29 is 5.11 Å². The molecule has 1 heterocycles. The number of hydrogen-bond acceptors (Lipinski definition) is 2. The Labute approximate surface area is 115 Å². The molecular formula is C17H21NO. The molecule has 1 N–H and O–H groups in total. The van der Waals surface area contributed by atoms with Crippen LogP contribution in [-0.2, 0) is 6.42 Å². The van der Waals surface area contributed by atoms with Crippen LogP contribution >= 0.6 is 0 Å². The first-order valence-corrected chi connectivity index (χ1v) is 6.76. The van der Waals surface area contributed by atoms with Crippen LogP contribution in [0, 0.1) is 12.8 Å². The highest BCUT2D eigenvalue weighted by Crippen LogP contribution is 2.24. The van der Waals surface area contributed by atoms with E-state index in [2.05, 4.69) is 31.0 Å². The third kappa shape index (κ3) is 3.42. The molecule has 100 valence electrons. The minimum atomic E-state index is -0.645. The second kappa shape index (κ2) is 5.98. The van der Waals surface area contributed by atoms with Crippen molar-refractivity contribution in [3.8, 4) is 0 Å². The van der Waals surface area contributed by atoms with Gasteiger partial charge in [-0.1, -0.05) is 44.2 Å². The number of pyridine rings is 1. The van der Waals surface area contributed by atoms with Crippen molar-refractivity contribution in [2.75, 3.05) is 0 Å². The number of rotatable bonds is 4. The third-order valence-corrected chi connectivity index (χ3v) is 3.22. The summed E-state index contributed by atoms with van der Waals surface area (Å²) in [4.78, 5) is 4.30. The van der Waals surface area contributed by atoms with Gasteiger partial charge in [-0.25, -0.2) is 0 Å². The maximum atomic E-state index is 10.5. The van der Waals surface area contributed by atoms with Crippen LogP contribution in [0.15, 0.2) is 42.6 Å². The molecule has 0 aliphatic rings. The molecule has 1 aromatic carbocycles. The van der Waals surface area contributed by atoms with E-state index in [-0.39, 0.29) is 0 Å². The average molecular weight is 255 g/mol. The molecular weight excluding hydrogens is 234 g/mol. The molecule has 1 atom stereocenters. The van der Waals surface area contributed by atoms with E-state index in [1.54, 1.807) is 6.20 Å². The topological polar surface area (TPSA) is 33.1 Å². The summed E-state index contributed by atoms with van der Waals surface area (Å²) in [6.07, 6.45) is 2.11. The van der Waals surface area contributed by atoms with Gasteiger partial charge < -0.3 is 5.11 Å². The van der Waals surface area contributed by atoms with Crippen molar-refractivity contribution in [1.82, 2.24) is 4.98 Å². The number of benzene rings is 1. The Hall–Kier alpha value is -1.67. The first kappa shape index (κ1) is 13.8. The Bertz CT molecular complexity index is 548. The molecule has 2 rings (SSSR count). The molecule has 2 heteroatoms. The van der Waals surface area contributed by atoms with Crippen LogP contribution < -0.4 is 0 Å². The SMILES string of the molecule is Cc1cccnc1C(O)c1cccc(CC(C)C)c1. The van der Waals surface area contributed by atoms with Crippen molar-refractivity contribution in [2.45, 2.75) is 33.3 Å². The lowest BCUT2D eigenvalue weighted by Gasteiger charge is -2.14. The highest BCUT2D eigenvalue weighted by Gasteiger charge is 2.14. The monoisotopic (exact) mass is 255 g/mol. The van der Waals surface area contributed by atoms with Crippen LogP contribution in [-0.4, -0.2) is 10.1 Å². The third-order valence-electron chi connectivity index (χ3n) is 3.22. The summed E-state index contributed by atoms with van der Waals surface area (Å²) in [5, 5.41) is 10.5. The molecule has 0 bridgehead atoms. The van der Waals surface area contributed by atoms with Gasteiger partial charge in [-0.15, -0.1) is 0 Å². The minimum Gasteiger partial charge on any atom is -0.382 e. The number of aryl methyl sites for hydroxylation is 1. The zero-order chi connectivity index (χ0) is 13.8. The summed E-state index contributed by atoms with van der Waals surface area (Å²) in [5.74, 6) is 0.615. The number of aliphatic hydroxyl groups is 1. The highest BCUT2D eigenvalue weighted by atomic mass is 16.3. The molecule has 0 aliphatic carbocycles. The van der Waals surface area contributed by atoms with E-state index < -0.39 is 6.10 Å². The van der Waals surface area contributed by atoms with Gasteiger partial charge in [0.25, 0.3) is 0 Å². The lowest BCUT2D eigenvalue weighted by molar-refractivity contribution is 0.214. The summed E-state index contributed by atoms with van der Waals surface area (Å²) in [6.45, 7) is 6.38. The van der Waals surface area contributed by atoms with Crippen LogP contribution in [0.2, 0.25) is 0 Å². The van der Waals surface area contributed by atoms with Crippen LogP contribution in [0.1, 0.15) is 42.3 Å². The van der Waals surface area contributed by atoms with Crippen molar-refractivity contribution in [3.05, 3.63) is 65.0 Å². The number of hydrogen-bond donors (Lipinski definition) is 1. The maximum absolute atomic E-state index is 10.5. The second-order valence-electron chi connectivity index (χ2n) is 5.45.